The van der Waals surface area contributed by atoms with E-state index in [1.165, 1.54) is 5.06 Å². The summed E-state index contributed by atoms with van der Waals surface area (Å²) < 4.78 is 5.67. The van der Waals surface area contributed by atoms with Crippen molar-refractivity contribution in [1.82, 2.24) is 15.3 Å². The summed E-state index contributed by atoms with van der Waals surface area (Å²) >= 11 is 0. The third-order valence-corrected chi connectivity index (χ3v) is 4.87. The van der Waals surface area contributed by atoms with E-state index in [0.717, 1.165) is 19.4 Å². The SMILES string of the molecule is CC(C)ON(C(O)Oc1ccccc1)[C@@H]1CC[C@@H](C2CN2)N(CC(N)=O)C1. The molecule has 27 heavy (non-hydrogen) atoms. The Kier molecular flexibility index (Phi) is 6.67. The minimum Gasteiger partial charge on any atom is -0.449 e. The Morgan fingerprint density at radius 3 is 2.67 bits per heavy atom. The van der Waals surface area contributed by atoms with E-state index in [0.29, 0.717) is 18.3 Å². The van der Waals surface area contributed by atoms with Crippen molar-refractivity contribution in [2.24, 2.45) is 5.73 Å². The predicted octanol–water partition coefficient (Wildman–Crippen LogP) is 0.273. The second-order valence-electron chi connectivity index (χ2n) is 7.48. The number of amides is 1. The van der Waals surface area contributed by atoms with Crippen LogP contribution < -0.4 is 15.8 Å². The molecule has 2 aliphatic heterocycles. The molecule has 1 aromatic rings. The van der Waals surface area contributed by atoms with Crippen molar-refractivity contribution in [3.8, 4) is 5.75 Å². The summed E-state index contributed by atoms with van der Waals surface area (Å²) in [5, 5.41) is 15.5. The van der Waals surface area contributed by atoms with Gasteiger partial charge in [0.25, 0.3) is 6.41 Å². The number of hydrogen-bond acceptors (Lipinski definition) is 7. The average molecular weight is 378 g/mol. The van der Waals surface area contributed by atoms with Gasteiger partial charge in [-0.25, -0.2) is 0 Å². The molecule has 4 atom stereocenters. The molecule has 2 saturated heterocycles. The Hall–Kier alpha value is -1.71. The maximum absolute atomic E-state index is 11.5. The molecule has 8 nitrogen and oxygen atoms in total. The van der Waals surface area contributed by atoms with Crippen molar-refractivity contribution in [2.75, 3.05) is 19.6 Å². The van der Waals surface area contributed by atoms with Crippen molar-refractivity contribution in [2.45, 2.75) is 57.3 Å². The normalized spacial score (nSPS) is 26.9. The Labute approximate surface area is 160 Å². The highest BCUT2D eigenvalue weighted by Crippen LogP contribution is 2.28. The molecule has 1 aromatic carbocycles. The number of hydroxylamine groups is 2. The number of hydrogen-bond donors (Lipinski definition) is 3. The summed E-state index contributed by atoms with van der Waals surface area (Å²) in [4.78, 5) is 19.5. The van der Waals surface area contributed by atoms with Crippen LogP contribution in [0.3, 0.4) is 0 Å². The zero-order valence-corrected chi connectivity index (χ0v) is 16.0. The van der Waals surface area contributed by atoms with Gasteiger partial charge in [0.15, 0.2) is 0 Å². The van der Waals surface area contributed by atoms with Crippen LogP contribution in [0.5, 0.6) is 5.75 Å². The van der Waals surface area contributed by atoms with Crippen molar-refractivity contribution in [1.29, 1.82) is 0 Å². The fourth-order valence-corrected chi connectivity index (χ4v) is 3.66. The number of nitrogens with one attached hydrogen (secondary N) is 1. The van der Waals surface area contributed by atoms with E-state index in [1.54, 1.807) is 12.1 Å². The molecule has 2 fully saturated rings. The largest absolute Gasteiger partial charge is 0.449 e. The average Bonchev–Trinajstić information content (AvgIpc) is 3.45. The summed E-state index contributed by atoms with van der Waals surface area (Å²) in [6.45, 7) is 5.56. The smallest absolute Gasteiger partial charge is 0.281 e. The van der Waals surface area contributed by atoms with E-state index in [9.17, 15) is 9.90 Å². The van der Waals surface area contributed by atoms with E-state index in [-0.39, 0.29) is 30.6 Å². The van der Waals surface area contributed by atoms with Gasteiger partial charge in [-0.3, -0.25) is 14.5 Å². The van der Waals surface area contributed by atoms with Gasteiger partial charge in [0.05, 0.1) is 18.7 Å². The fraction of sp³-hybridized carbons (Fsp3) is 0.632. The molecule has 0 aliphatic carbocycles. The topological polar surface area (TPSA) is 110 Å². The molecule has 3 rings (SSSR count). The number of carbonyl (C=O) groups excluding carboxylic acids is 1. The fourth-order valence-electron chi connectivity index (χ4n) is 3.66. The number of aliphatic hydroxyl groups excluding tert-OH is 1. The molecule has 150 valence electrons. The first-order chi connectivity index (χ1) is 12.9. The first kappa shape index (κ1) is 20.0. The van der Waals surface area contributed by atoms with E-state index in [2.05, 4.69) is 10.2 Å². The molecule has 2 unspecified atom stereocenters. The van der Waals surface area contributed by atoms with Crippen LogP contribution in [-0.4, -0.2) is 71.3 Å². The van der Waals surface area contributed by atoms with Gasteiger partial charge in [-0.05, 0) is 38.8 Å². The molecule has 1 amide bonds. The molecule has 0 bridgehead atoms. The number of carbonyl (C=O) groups is 1. The zero-order chi connectivity index (χ0) is 19.4. The van der Waals surface area contributed by atoms with Crippen LogP contribution in [0, 0.1) is 0 Å². The van der Waals surface area contributed by atoms with Crippen LogP contribution in [0.2, 0.25) is 0 Å². The highest BCUT2D eigenvalue weighted by atomic mass is 16.8. The van der Waals surface area contributed by atoms with Gasteiger partial charge in [-0.2, -0.15) is 0 Å². The lowest BCUT2D eigenvalue weighted by molar-refractivity contribution is -0.333. The van der Waals surface area contributed by atoms with Crippen molar-refractivity contribution < 1.29 is 19.5 Å². The van der Waals surface area contributed by atoms with Gasteiger partial charge in [0.1, 0.15) is 5.75 Å². The van der Waals surface area contributed by atoms with Crippen molar-refractivity contribution >= 4 is 5.91 Å². The lowest BCUT2D eigenvalue weighted by Crippen LogP contribution is -2.58. The minimum absolute atomic E-state index is 0.111. The molecule has 2 aliphatic rings. The van der Waals surface area contributed by atoms with Gasteiger partial charge in [0.2, 0.25) is 5.91 Å². The van der Waals surface area contributed by atoms with Gasteiger partial charge in [-0.1, -0.05) is 18.2 Å². The predicted molar refractivity (Wildman–Crippen MR) is 101 cm³/mol. The molecule has 0 aromatic heterocycles. The van der Waals surface area contributed by atoms with Crippen LogP contribution in [0.15, 0.2) is 30.3 Å². The Morgan fingerprint density at radius 1 is 1.37 bits per heavy atom. The van der Waals surface area contributed by atoms with Crippen molar-refractivity contribution in [3.63, 3.8) is 0 Å². The molecular formula is C19H30N4O4. The summed E-state index contributed by atoms with van der Waals surface area (Å²) in [6.07, 6.45) is 0.364. The highest BCUT2D eigenvalue weighted by Gasteiger charge is 2.42. The number of nitrogens with zero attached hydrogens (tertiary/aromatic N) is 2. The van der Waals surface area contributed by atoms with Crippen LogP contribution in [0.25, 0.3) is 0 Å². The number of piperidine rings is 1. The number of para-hydroxylation sites is 1. The molecule has 0 radical (unpaired) electrons. The summed E-state index contributed by atoms with van der Waals surface area (Å²) in [5.74, 6) is 0.214. The number of ether oxygens (including phenoxy) is 1. The van der Waals surface area contributed by atoms with Gasteiger partial charge in [-0.15, -0.1) is 5.06 Å². The molecular weight excluding hydrogens is 348 g/mol. The Morgan fingerprint density at radius 2 is 2.07 bits per heavy atom. The number of nitrogens with two attached hydrogens (primary N) is 1. The molecule has 0 saturated carbocycles. The first-order valence-electron chi connectivity index (χ1n) is 9.54. The zero-order valence-electron chi connectivity index (χ0n) is 16.0. The molecule has 8 heteroatoms. The van der Waals surface area contributed by atoms with Crippen LogP contribution in [0.4, 0.5) is 0 Å². The number of rotatable bonds is 9. The van der Waals surface area contributed by atoms with Crippen molar-refractivity contribution in [3.05, 3.63) is 30.3 Å². The lowest BCUT2D eigenvalue weighted by Gasteiger charge is -2.43. The number of primary amides is 1. The van der Waals surface area contributed by atoms with Crippen LogP contribution >= 0.6 is 0 Å². The lowest BCUT2D eigenvalue weighted by atomic mass is 9.95. The third-order valence-electron chi connectivity index (χ3n) is 4.87. The summed E-state index contributed by atoms with van der Waals surface area (Å²) in [6, 6.07) is 9.72. The van der Waals surface area contributed by atoms with Gasteiger partial charge in [0, 0.05) is 25.2 Å². The number of benzene rings is 1. The number of aliphatic hydroxyl groups is 1. The molecule has 2 heterocycles. The maximum Gasteiger partial charge on any atom is 0.281 e. The third kappa shape index (κ3) is 5.63. The maximum atomic E-state index is 11.5. The highest BCUT2D eigenvalue weighted by molar-refractivity contribution is 5.76. The Bertz CT molecular complexity index is 611. The molecule has 4 N–H and O–H groups in total. The minimum atomic E-state index is -1.24. The monoisotopic (exact) mass is 378 g/mol. The van der Waals surface area contributed by atoms with E-state index < -0.39 is 6.41 Å². The molecule has 0 spiro atoms. The van der Waals surface area contributed by atoms with E-state index in [1.807, 2.05) is 32.0 Å². The van der Waals surface area contributed by atoms with Crippen LogP contribution in [-0.2, 0) is 9.63 Å². The summed E-state index contributed by atoms with van der Waals surface area (Å²) in [5.41, 5.74) is 5.45. The quantitative estimate of drug-likeness (QED) is 0.321. The second kappa shape index (κ2) is 8.99. The van der Waals surface area contributed by atoms with E-state index >= 15 is 0 Å². The summed E-state index contributed by atoms with van der Waals surface area (Å²) in [7, 11) is 0. The van der Waals surface area contributed by atoms with E-state index in [4.69, 9.17) is 15.3 Å². The van der Waals surface area contributed by atoms with Crippen LogP contribution in [0.1, 0.15) is 26.7 Å². The van der Waals surface area contributed by atoms with Gasteiger partial charge < -0.3 is 20.9 Å². The second-order valence-corrected chi connectivity index (χ2v) is 7.48. The first-order valence-corrected chi connectivity index (χ1v) is 9.54. The number of likely N-dealkylation sites (tertiary alicyclic amines) is 1. The standard InChI is InChI=1S/C19H30N4O4/c1-13(2)27-23(19(25)26-15-6-4-3-5-7-15)14-8-9-17(16-10-21-16)22(11-14)12-18(20)24/h3-7,13-14,16-17,19,21,25H,8-12H2,1-2H3,(H2,20,24)/t14-,16?,17+,19?/m1/s1. The van der Waals surface area contributed by atoms with Gasteiger partial charge >= 0.3 is 0 Å². The Balaban J connectivity index is 1.70.